The first-order valence-electron chi connectivity index (χ1n) is 17.4. The second kappa shape index (κ2) is 17.8. The van der Waals surface area contributed by atoms with Crippen LogP contribution in [0.5, 0.6) is 5.75 Å². The molecule has 0 aliphatic heterocycles. The Hall–Kier alpha value is -4.52. The van der Waals surface area contributed by atoms with Crippen molar-refractivity contribution in [3.63, 3.8) is 0 Å². The molecule has 0 radical (unpaired) electrons. The molecule has 0 amide bonds. The maximum atomic E-state index is 10.5. The fourth-order valence-corrected chi connectivity index (χ4v) is 6.46. The highest BCUT2D eigenvalue weighted by atomic mass is 16.3. The molecule has 4 atom stereocenters. The van der Waals surface area contributed by atoms with Crippen molar-refractivity contribution in [3.8, 4) is 5.75 Å². The minimum atomic E-state index is -0.721. The number of fused-ring (bicyclic) bond motifs is 2. The summed E-state index contributed by atoms with van der Waals surface area (Å²) >= 11 is 0. The van der Waals surface area contributed by atoms with E-state index >= 15 is 0 Å². The zero-order valence-corrected chi connectivity index (χ0v) is 28.9. The molecule has 5 N–H and O–H groups in total. The van der Waals surface area contributed by atoms with E-state index in [0.29, 0.717) is 24.7 Å². The number of hydrogen-bond donors (Lipinski definition) is 5. The van der Waals surface area contributed by atoms with Crippen LogP contribution in [0, 0.1) is 0 Å². The van der Waals surface area contributed by atoms with E-state index in [4.69, 9.17) is 0 Å². The highest BCUT2D eigenvalue weighted by Gasteiger charge is 2.15. The Kier molecular flexibility index (Phi) is 13.0. The fraction of sp³-hybridized carbons (Fsp3) is 0.273. The van der Waals surface area contributed by atoms with Gasteiger partial charge >= 0.3 is 0 Å². The molecular weight excluding hydrogens is 604 g/mol. The van der Waals surface area contributed by atoms with Crippen LogP contribution in [0.4, 0.5) is 0 Å². The summed E-state index contributed by atoms with van der Waals surface area (Å²) in [7, 11) is 0. The van der Waals surface area contributed by atoms with Crippen LogP contribution in [0.25, 0.3) is 21.5 Å². The lowest BCUT2D eigenvalue weighted by Crippen LogP contribution is -2.32. The number of rotatable bonds is 13. The van der Waals surface area contributed by atoms with Gasteiger partial charge in [-0.1, -0.05) is 134 Å². The molecule has 0 saturated heterocycles. The van der Waals surface area contributed by atoms with E-state index in [9.17, 15) is 15.3 Å². The van der Waals surface area contributed by atoms with Gasteiger partial charge in [0.05, 0.1) is 12.2 Å². The maximum absolute atomic E-state index is 10.5. The van der Waals surface area contributed by atoms with E-state index in [2.05, 4.69) is 122 Å². The second-order valence-corrected chi connectivity index (χ2v) is 13.0. The molecule has 5 heteroatoms. The summed E-state index contributed by atoms with van der Waals surface area (Å²) in [4.78, 5) is 0. The van der Waals surface area contributed by atoms with E-state index in [1.807, 2.05) is 24.3 Å². The average molecular weight is 655 g/mol. The fourth-order valence-electron chi connectivity index (χ4n) is 6.46. The number of hydrogen-bond acceptors (Lipinski definition) is 5. The molecule has 49 heavy (non-hydrogen) atoms. The van der Waals surface area contributed by atoms with Crippen LogP contribution >= 0.6 is 0 Å². The maximum Gasteiger partial charge on any atom is 0.121 e. The Bertz CT molecular complexity index is 1920. The van der Waals surface area contributed by atoms with Gasteiger partial charge in [0, 0.05) is 30.7 Å². The number of aryl methyl sites for hydroxylation is 1. The van der Waals surface area contributed by atoms with Crippen molar-refractivity contribution in [2.75, 3.05) is 13.1 Å². The second-order valence-electron chi connectivity index (χ2n) is 13.0. The first-order chi connectivity index (χ1) is 23.8. The minimum absolute atomic E-state index is 0.133. The van der Waals surface area contributed by atoms with Gasteiger partial charge in [-0.2, -0.15) is 0 Å². The SMILES string of the molecule is CC(Cc1cccc2ccccc12)NCC(O)c1ccccc1O.CCc1ccccc1C(O)CNC(C)Cc1ccc2ccccc2c1. The summed E-state index contributed by atoms with van der Waals surface area (Å²) in [5, 5.41) is 42.5. The highest BCUT2D eigenvalue weighted by molar-refractivity contribution is 5.85. The molecule has 6 aromatic carbocycles. The van der Waals surface area contributed by atoms with Crippen LogP contribution in [0.15, 0.2) is 133 Å². The van der Waals surface area contributed by atoms with Crippen LogP contribution < -0.4 is 10.6 Å². The van der Waals surface area contributed by atoms with Crippen molar-refractivity contribution in [1.29, 1.82) is 0 Å². The van der Waals surface area contributed by atoms with Crippen molar-refractivity contribution >= 4 is 21.5 Å². The molecule has 0 heterocycles. The van der Waals surface area contributed by atoms with E-state index < -0.39 is 12.2 Å². The molecule has 0 saturated carbocycles. The third kappa shape index (κ3) is 10.0. The van der Waals surface area contributed by atoms with Crippen molar-refractivity contribution in [2.45, 2.75) is 64.3 Å². The van der Waals surface area contributed by atoms with E-state index in [1.165, 1.54) is 38.2 Å². The molecule has 5 nitrogen and oxygen atoms in total. The molecule has 0 bridgehead atoms. The number of phenolic OH excluding ortho intramolecular Hbond substituents is 1. The summed E-state index contributed by atoms with van der Waals surface area (Å²) in [5.41, 5.74) is 5.43. The predicted molar refractivity (Wildman–Crippen MR) is 204 cm³/mol. The summed E-state index contributed by atoms with van der Waals surface area (Å²) in [5.74, 6) is 0.133. The molecular formula is C44H50N2O3. The largest absolute Gasteiger partial charge is 0.508 e. The first-order valence-corrected chi connectivity index (χ1v) is 17.4. The molecule has 6 rings (SSSR count). The third-order valence-electron chi connectivity index (χ3n) is 9.17. The standard InChI is InChI=1S/C23H27NO.C21H23NO2/c1-3-19-8-6-7-11-22(19)23(25)16-24-17(2)14-18-12-13-20-9-4-5-10-21(20)15-18;1-15(22-14-21(24)19-11-4-5-12-20(19)23)13-17-9-6-8-16-7-2-3-10-18(16)17/h4-13,15,17,23-25H,3,14,16H2,1-2H3;2-12,15,21-24H,13-14H2,1H3. The van der Waals surface area contributed by atoms with Crippen LogP contribution in [-0.4, -0.2) is 40.5 Å². The zero-order chi connectivity index (χ0) is 34.6. The Morgan fingerprint density at radius 1 is 0.531 bits per heavy atom. The Labute approximate surface area is 291 Å². The lowest BCUT2D eigenvalue weighted by atomic mass is 9.99. The topological polar surface area (TPSA) is 84.8 Å². The van der Waals surface area contributed by atoms with Crippen molar-refractivity contribution in [1.82, 2.24) is 10.6 Å². The van der Waals surface area contributed by atoms with Gasteiger partial charge in [-0.05, 0) is 83.0 Å². The molecule has 0 aliphatic carbocycles. The van der Waals surface area contributed by atoms with Gasteiger partial charge < -0.3 is 26.0 Å². The monoisotopic (exact) mass is 654 g/mol. The summed E-state index contributed by atoms with van der Waals surface area (Å²) in [6, 6.07) is 45.4. The number of para-hydroxylation sites is 1. The van der Waals surface area contributed by atoms with Gasteiger partial charge in [0.25, 0.3) is 0 Å². The summed E-state index contributed by atoms with van der Waals surface area (Å²) in [6.45, 7) is 7.39. The van der Waals surface area contributed by atoms with Crippen molar-refractivity contribution in [2.24, 2.45) is 0 Å². The van der Waals surface area contributed by atoms with Gasteiger partial charge in [-0.3, -0.25) is 0 Å². The number of phenols is 1. The van der Waals surface area contributed by atoms with Crippen LogP contribution in [0.3, 0.4) is 0 Å². The van der Waals surface area contributed by atoms with Gasteiger partial charge in [0.15, 0.2) is 0 Å². The molecule has 0 aromatic heterocycles. The molecule has 4 unspecified atom stereocenters. The van der Waals surface area contributed by atoms with Gasteiger partial charge in [0.1, 0.15) is 5.75 Å². The predicted octanol–water partition coefficient (Wildman–Crippen LogP) is 8.46. The molecule has 254 valence electrons. The smallest absolute Gasteiger partial charge is 0.121 e. The number of aliphatic hydroxyl groups is 2. The lowest BCUT2D eigenvalue weighted by molar-refractivity contribution is 0.167. The highest BCUT2D eigenvalue weighted by Crippen LogP contribution is 2.24. The van der Waals surface area contributed by atoms with Crippen molar-refractivity contribution in [3.05, 3.63) is 161 Å². The molecule has 0 aliphatic rings. The van der Waals surface area contributed by atoms with Gasteiger partial charge in [-0.25, -0.2) is 0 Å². The van der Waals surface area contributed by atoms with Crippen LogP contribution in [0.1, 0.15) is 60.8 Å². The van der Waals surface area contributed by atoms with Gasteiger partial charge in [-0.15, -0.1) is 0 Å². The van der Waals surface area contributed by atoms with Crippen LogP contribution in [0.2, 0.25) is 0 Å². The Balaban J connectivity index is 0.000000191. The summed E-state index contributed by atoms with van der Waals surface area (Å²) in [6.07, 6.45) is 1.60. The third-order valence-corrected chi connectivity index (χ3v) is 9.17. The Morgan fingerprint density at radius 3 is 1.82 bits per heavy atom. The average Bonchev–Trinajstić information content (AvgIpc) is 3.13. The molecule has 6 aromatic rings. The quantitative estimate of drug-likeness (QED) is 0.0863. The van der Waals surface area contributed by atoms with Gasteiger partial charge in [0.2, 0.25) is 0 Å². The van der Waals surface area contributed by atoms with E-state index in [0.717, 1.165) is 24.8 Å². The first kappa shape index (κ1) is 35.8. The Morgan fingerprint density at radius 2 is 1.08 bits per heavy atom. The number of nitrogens with one attached hydrogen (secondary N) is 2. The zero-order valence-electron chi connectivity index (χ0n) is 28.9. The van der Waals surface area contributed by atoms with Crippen LogP contribution in [-0.2, 0) is 19.3 Å². The number of aromatic hydroxyl groups is 1. The normalized spacial score (nSPS) is 13.7. The van der Waals surface area contributed by atoms with E-state index in [-0.39, 0.29) is 11.8 Å². The van der Waals surface area contributed by atoms with Crippen molar-refractivity contribution < 1.29 is 15.3 Å². The molecule has 0 fully saturated rings. The molecule has 0 spiro atoms. The number of benzene rings is 6. The summed E-state index contributed by atoms with van der Waals surface area (Å²) < 4.78 is 0. The minimum Gasteiger partial charge on any atom is -0.508 e. The van der Waals surface area contributed by atoms with E-state index in [1.54, 1.807) is 18.2 Å². The number of aliphatic hydroxyl groups excluding tert-OH is 2. The lowest BCUT2D eigenvalue weighted by Gasteiger charge is -2.19.